The fourth-order valence-corrected chi connectivity index (χ4v) is 1.51. The van der Waals surface area contributed by atoms with Gasteiger partial charge in [0.1, 0.15) is 0 Å². The number of hydrogen-bond acceptors (Lipinski definition) is 5. The van der Waals surface area contributed by atoms with Crippen molar-refractivity contribution in [3.8, 4) is 6.07 Å². The Bertz CT molecular complexity index is 277. The molecule has 0 aromatic carbocycles. The summed E-state index contributed by atoms with van der Waals surface area (Å²) < 4.78 is 9.62. The minimum absolute atomic E-state index is 0.180. The largest absolute Gasteiger partial charge is 0.465 e. The van der Waals surface area contributed by atoms with Crippen molar-refractivity contribution in [1.82, 2.24) is 0 Å². The molecule has 0 rings (SSSR count). The Hall–Kier alpha value is -1.57. The molecular weight excluding hydrogens is 222 g/mol. The van der Waals surface area contributed by atoms with E-state index in [-0.39, 0.29) is 13.2 Å². The molecule has 0 saturated carbocycles. The van der Waals surface area contributed by atoms with Gasteiger partial charge in [-0.3, -0.25) is 9.59 Å². The van der Waals surface area contributed by atoms with Crippen LogP contribution in [0.5, 0.6) is 0 Å². The third-order valence-electron chi connectivity index (χ3n) is 2.25. The van der Waals surface area contributed by atoms with E-state index < -0.39 is 23.8 Å². The van der Waals surface area contributed by atoms with Crippen LogP contribution >= 0.6 is 0 Å². The van der Waals surface area contributed by atoms with Gasteiger partial charge in [0.25, 0.3) is 0 Å². The van der Waals surface area contributed by atoms with Crippen molar-refractivity contribution in [3.63, 3.8) is 0 Å². The molecule has 0 heterocycles. The molecule has 0 spiro atoms. The van der Waals surface area contributed by atoms with Gasteiger partial charge in [-0.05, 0) is 20.3 Å². The van der Waals surface area contributed by atoms with E-state index >= 15 is 0 Å². The Morgan fingerprint density at radius 3 is 1.88 bits per heavy atom. The number of esters is 2. The molecule has 96 valence electrons. The first-order valence-corrected chi connectivity index (χ1v) is 5.85. The van der Waals surface area contributed by atoms with Crippen molar-refractivity contribution >= 4 is 11.9 Å². The Morgan fingerprint density at radius 1 is 1.12 bits per heavy atom. The Kier molecular flexibility index (Phi) is 7.78. The SMILES string of the molecule is CCC[C@H](C#N)C(C(=O)OCC)C(=O)OCC. The summed E-state index contributed by atoms with van der Waals surface area (Å²) in [6.07, 6.45) is 1.19. The second kappa shape index (κ2) is 8.57. The van der Waals surface area contributed by atoms with E-state index in [1.54, 1.807) is 13.8 Å². The predicted octanol–water partition coefficient (Wildman–Crippen LogP) is 1.67. The van der Waals surface area contributed by atoms with E-state index in [0.717, 1.165) is 0 Å². The third-order valence-corrected chi connectivity index (χ3v) is 2.25. The van der Waals surface area contributed by atoms with Crippen molar-refractivity contribution < 1.29 is 19.1 Å². The minimum atomic E-state index is -1.13. The maximum atomic E-state index is 11.7. The van der Waals surface area contributed by atoms with Crippen LogP contribution < -0.4 is 0 Å². The van der Waals surface area contributed by atoms with Gasteiger partial charge in [-0.2, -0.15) is 5.26 Å². The molecule has 0 amide bonds. The second-order valence-corrected chi connectivity index (χ2v) is 3.51. The van der Waals surface area contributed by atoms with E-state index in [4.69, 9.17) is 14.7 Å². The first-order valence-electron chi connectivity index (χ1n) is 5.85. The average Bonchev–Trinajstić information content (AvgIpc) is 2.29. The first-order chi connectivity index (χ1) is 8.12. The summed E-state index contributed by atoms with van der Waals surface area (Å²) in [7, 11) is 0. The van der Waals surface area contributed by atoms with E-state index in [0.29, 0.717) is 12.8 Å². The van der Waals surface area contributed by atoms with Gasteiger partial charge >= 0.3 is 11.9 Å². The molecule has 17 heavy (non-hydrogen) atoms. The van der Waals surface area contributed by atoms with Gasteiger partial charge < -0.3 is 9.47 Å². The highest BCUT2D eigenvalue weighted by atomic mass is 16.6. The molecular formula is C12H19NO4. The van der Waals surface area contributed by atoms with E-state index in [2.05, 4.69) is 0 Å². The highest BCUT2D eigenvalue weighted by Crippen LogP contribution is 2.20. The lowest BCUT2D eigenvalue weighted by Gasteiger charge is -2.18. The van der Waals surface area contributed by atoms with Crippen LogP contribution in [0.3, 0.4) is 0 Å². The summed E-state index contributed by atoms with van der Waals surface area (Å²) in [5.41, 5.74) is 0. The molecule has 0 aliphatic rings. The normalized spacial score (nSPS) is 11.7. The van der Waals surface area contributed by atoms with Crippen LogP contribution in [0, 0.1) is 23.2 Å². The van der Waals surface area contributed by atoms with Crippen molar-refractivity contribution in [2.75, 3.05) is 13.2 Å². The highest BCUT2D eigenvalue weighted by Gasteiger charge is 2.37. The van der Waals surface area contributed by atoms with Crippen LogP contribution in [-0.4, -0.2) is 25.2 Å². The average molecular weight is 241 g/mol. The number of hydrogen-bond donors (Lipinski definition) is 0. The van der Waals surface area contributed by atoms with Gasteiger partial charge in [-0.1, -0.05) is 13.3 Å². The van der Waals surface area contributed by atoms with E-state index in [9.17, 15) is 9.59 Å². The predicted molar refractivity (Wildman–Crippen MR) is 60.8 cm³/mol. The Labute approximate surface area is 102 Å². The number of ether oxygens (including phenoxy) is 2. The van der Waals surface area contributed by atoms with Crippen LogP contribution in [0.2, 0.25) is 0 Å². The van der Waals surface area contributed by atoms with E-state index in [1.807, 2.05) is 13.0 Å². The van der Waals surface area contributed by atoms with Crippen LogP contribution in [0.25, 0.3) is 0 Å². The molecule has 0 bridgehead atoms. The van der Waals surface area contributed by atoms with Gasteiger partial charge in [0.2, 0.25) is 0 Å². The van der Waals surface area contributed by atoms with Gasteiger partial charge in [-0.15, -0.1) is 0 Å². The summed E-state index contributed by atoms with van der Waals surface area (Å²) >= 11 is 0. The monoisotopic (exact) mass is 241 g/mol. The first kappa shape index (κ1) is 15.4. The molecule has 0 aliphatic heterocycles. The molecule has 0 N–H and O–H groups in total. The molecule has 0 aliphatic carbocycles. The molecule has 0 saturated heterocycles. The fraction of sp³-hybridized carbons (Fsp3) is 0.750. The summed E-state index contributed by atoms with van der Waals surface area (Å²) in [6.45, 7) is 5.55. The van der Waals surface area contributed by atoms with Crippen LogP contribution in [0.4, 0.5) is 0 Å². The standard InChI is InChI=1S/C12H19NO4/c1-4-7-9(8-13)10(11(14)16-5-2)12(15)17-6-3/h9-10H,4-7H2,1-3H3/t9-/m1/s1. The Balaban J connectivity index is 4.88. The molecule has 0 fully saturated rings. The second-order valence-electron chi connectivity index (χ2n) is 3.51. The lowest BCUT2D eigenvalue weighted by molar-refractivity contribution is -0.163. The number of nitrogens with zero attached hydrogens (tertiary/aromatic N) is 1. The molecule has 0 unspecified atom stereocenters. The summed E-state index contributed by atoms with van der Waals surface area (Å²) in [5, 5.41) is 9.00. The number of carbonyl (C=O) groups excluding carboxylic acids is 2. The van der Waals surface area contributed by atoms with Crippen molar-refractivity contribution in [2.45, 2.75) is 33.6 Å². The summed E-state index contributed by atoms with van der Waals surface area (Å²) in [6, 6.07) is 1.98. The highest BCUT2D eigenvalue weighted by molar-refractivity contribution is 5.95. The van der Waals surface area contributed by atoms with Crippen molar-refractivity contribution in [3.05, 3.63) is 0 Å². The molecule has 0 aromatic rings. The zero-order valence-corrected chi connectivity index (χ0v) is 10.6. The lowest BCUT2D eigenvalue weighted by atomic mass is 9.90. The number of rotatable bonds is 7. The van der Waals surface area contributed by atoms with Gasteiger partial charge in [-0.25, -0.2) is 0 Å². The smallest absolute Gasteiger partial charge is 0.321 e. The van der Waals surface area contributed by atoms with Gasteiger partial charge in [0.05, 0.1) is 25.2 Å². The van der Waals surface area contributed by atoms with Crippen LogP contribution in [0.15, 0.2) is 0 Å². The quantitative estimate of drug-likeness (QED) is 0.500. The summed E-state index contributed by atoms with van der Waals surface area (Å²) in [5.74, 6) is -3.16. The van der Waals surface area contributed by atoms with Crippen molar-refractivity contribution in [1.29, 1.82) is 5.26 Å². The maximum Gasteiger partial charge on any atom is 0.321 e. The van der Waals surface area contributed by atoms with Gasteiger partial charge in [0, 0.05) is 0 Å². The summed E-state index contributed by atoms with van der Waals surface area (Å²) in [4.78, 5) is 23.3. The number of nitriles is 1. The molecule has 0 radical (unpaired) electrons. The van der Waals surface area contributed by atoms with Crippen LogP contribution in [0.1, 0.15) is 33.6 Å². The zero-order chi connectivity index (χ0) is 13.3. The molecule has 5 heteroatoms. The number of carbonyl (C=O) groups is 2. The van der Waals surface area contributed by atoms with E-state index in [1.165, 1.54) is 0 Å². The minimum Gasteiger partial charge on any atom is -0.465 e. The van der Waals surface area contributed by atoms with Crippen molar-refractivity contribution in [2.24, 2.45) is 11.8 Å². The topological polar surface area (TPSA) is 76.4 Å². The molecule has 1 atom stereocenters. The Morgan fingerprint density at radius 2 is 1.59 bits per heavy atom. The molecule has 0 aromatic heterocycles. The maximum absolute atomic E-state index is 11.7. The zero-order valence-electron chi connectivity index (χ0n) is 10.6. The van der Waals surface area contributed by atoms with Gasteiger partial charge in [0.15, 0.2) is 5.92 Å². The van der Waals surface area contributed by atoms with Crippen LogP contribution in [-0.2, 0) is 19.1 Å². The third kappa shape index (κ3) is 4.85. The lowest BCUT2D eigenvalue weighted by Crippen LogP contribution is -2.34. The fourth-order valence-electron chi connectivity index (χ4n) is 1.51. The molecule has 5 nitrogen and oxygen atoms in total.